The van der Waals surface area contributed by atoms with Gasteiger partial charge in [-0.3, -0.25) is 14.3 Å². The minimum Gasteiger partial charge on any atom is -0.321 e. The highest BCUT2D eigenvalue weighted by Crippen LogP contribution is 2.16. The Labute approximate surface area is 149 Å². The van der Waals surface area contributed by atoms with Gasteiger partial charge in [-0.15, -0.1) is 0 Å². The fraction of sp³-hybridized carbons (Fsp3) is 0.0556. The number of carbonyl (C=O) groups excluding carboxylic acids is 2. The average Bonchev–Trinajstić information content (AvgIpc) is 2.98. The molecule has 0 saturated carbocycles. The third-order valence-electron chi connectivity index (χ3n) is 3.49. The zero-order chi connectivity index (χ0) is 17.8. The summed E-state index contributed by atoms with van der Waals surface area (Å²) in [6.45, 7) is 0. The lowest BCUT2D eigenvalue weighted by Gasteiger charge is -2.04. The first-order valence-electron chi connectivity index (χ1n) is 7.50. The molecule has 0 aliphatic rings. The van der Waals surface area contributed by atoms with Gasteiger partial charge in [0, 0.05) is 29.4 Å². The van der Waals surface area contributed by atoms with Gasteiger partial charge in [0.25, 0.3) is 11.8 Å². The van der Waals surface area contributed by atoms with Gasteiger partial charge in [0.15, 0.2) is 5.69 Å². The fourth-order valence-corrected chi connectivity index (χ4v) is 2.33. The lowest BCUT2D eigenvalue weighted by molar-refractivity contribution is 0.101. The van der Waals surface area contributed by atoms with Gasteiger partial charge in [-0.1, -0.05) is 29.8 Å². The molecule has 0 aliphatic carbocycles. The molecule has 1 heterocycles. The monoisotopic (exact) mass is 354 g/mol. The van der Waals surface area contributed by atoms with E-state index in [9.17, 15) is 9.59 Å². The van der Waals surface area contributed by atoms with Crippen molar-refractivity contribution >= 4 is 34.9 Å². The lowest BCUT2D eigenvalue weighted by Crippen LogP contribution is -2.14. The minimum absolute atomic E-state index is 0.195. The van der Waals surface area contributed by atoms with Gasteiger partial charge >= 0.3 is 0 Å². The van der Waals surface area contributed by atoms with E-state index in [1.807, 2.05) is 6.07 Å². The van der Waals surface area contributed by atoms with E-state index in [4.69, 9.17) is 11.6 Å². The van der Waals surface area contributed by atoms with Crippen LogP contribution in [-0.4, -0.2) is 21.6 Å². The van der Waals surface area contributed by atoms with E-state index in [0.29, 0.717) is 22.1 Å². The van der Waals surface area contributed by atoms with E-state index in [2.05, 4.69) is 15.7 Å². The van der Waals surface area contributed by atoms with Crippen LogP contribution in [-0.2, 0) is 7.05 Å². The highest BCUT2D eigenvalue weighted by Gasteiger charge is 2.15. The Morgan fingerprint density at radius 3 is 2.32 bits per heavy atom. The molecule has 0 atom stereocenters. The molecule has 0 bridgehead atoms. The van der Waals surface area contributed by atoms with E-state index >= 15 is 0 Å². The number of carbonyl (C=O) groups is 2. The SMILES string of the molecule is Cn1nc(C(=O)Nc2ccc(Cl)cc2)cc1NC(=O)c1ccccc1. The zero-order valence-electron chi connectivity index (χ0n) is 13.4. The van der Waals surface area contributed by atoms with Crippen molar-refractivity contribution in [3.63, 3.8) is 0 Å². The first-order valence-corrected chi connectivity index (χ1v) is 7.88. The summed E-state index contributed by atoms with van der Waals surface area (Å²) < 4.78 is 1.44. The number of rotatable bonds is 4. The second kappa shape index (κ2) is 7.19. The largest absolute Gasteiger partial charge is 0.321 e. The summed E-state index contributed by atoms with van der Waals surface area (Å²) in [6.07, 6.45) is 0. The van der Waals surface area contributed by atoms with Crippen LogP contribution in [0.25, 0.3) is 0 Å². The maximum absolute atomic E-state index is 12.3. The van der Waals surface area contributed by atoms with Crippen LogP contribution in [0.2, 0.25) is 5.02 Å². The first kappa shape index (κ1) is 16.7. The number of anilines is 2. The summed E-state index contributed by atoms with van der Waals surface area (Å²) in [5, 5.41) is 10.2. The number of aryl methyl sites for hydroxylation is 1. The smallest absolute Gasteiger partial charge is 0.276 e. The van der Waals surface area contributed by atoms with Crippen LogP contribution in [0.5, 0.6) is 0 Å². The number of nitrogens with one attached hydrogen (secondary N) is 2. The number of halogens is 1. The molecule has 6 nitrogen and oxygen atoms in total. The predicted octanol–water partition coefficient (Wildman–Crippen LogP) is 3.58. The number of aromatic nitrogens is 2. The molecular weight excluding hydrogens is 340 g/mol. The molecule has 0 fully saturated rings. The van der Waals surface area contributed by atoms with Gasteiger partial charge in [0.2, 0.25) is 0 Å². The Morgan fingerprint density at radius 2 is 1.64 bits per heavy atom. The van der Waals surface area contributed by atoms with Gasteiger partial charge in [0.1, 0.15) is 5.82 Å². The van der Waals surface area contributed by atoms with Crippen molar-refractivity contribution in [2.75, 3.05) is 10.6 Å². The Balaban J connectivity index is 1.72. The molecule has 2 aromatic carbocycles. The molecule has 3 aromatic rings. The van der Waals surface area contributed by atoms with Gasteiger partial charge in [0.05, 0.1) is 0 Å². The molecule has 0 spiro atoms. The Kier molecular flexibility index (Phi) is 4.81. The summed E-state index contributed by atoms with van der Waals surface area (Å²) >= 11 is 5.82. The molecule has 25 heavy (non-hydrogen) atoms. The number of benzene rings is 2. The van der Waals surface area contributed by atoms with Crippen LogP contribution < -0.4 is 10.6 Å². The normalized spacial score (nSPS) is 10.3. The van der Waals surface area contributed by atoms with Gasteiger partial charge in [-0.25, -0.2) is 0 Å². The molecule has 1 aromatic heterocycles. The van der Waals surface area contributed by atoms with E-state index < -0.39 is 0 Å². The highest BCUT2D eigenvalue weighted by atomic mass is 35.5. The third-order valence-corrected chi connectivity index (χ3v) is 3.74. The fourth-order valence-electron chi connectivity index (χ4n) is 2.20. The molecule has 2 N–H and O–H groups in total. The Morgan fingerprint density at radius 1 is 0.960 bits per heavy atom. The number of hydrogen-bond donors (Lipinski definition) is 2. The van der Waals surface area contributed by atoms with Crippen molar-refractivity contribution in [3.8, 4) is 0 Å². The molecule has 0 unspecified atom stereocenters. The number of hydrogen-bond acceptors (Lipinski definition) is 3. The second-order valence-corrected chi connectivity index (χ2v) is 5.76. The molecule has 2 amide bonds. The molecule has 0 saturated heterocycles. The Bertz CT molecular complexity index is 905. The first-order chi connectivity index (χ1) is 12.0. The van der Waals surface area contributed by atoms with E-state index in [0.717, 1.165) is 0 Å². The molecule has 3 rings (SSSR count). The van der Waals surface area contributed by atoms with Crippen LogP contribution in [0.4, 0.5) is 11.5 Å². The topological polar surface area (TPSA) is 76.0 Å². The summed E-state index contributed by atoms with van der Waals surface area (Å²) in [6, 6.07) is 17.1. The van der Waals surface area contributed by atoms with Gasteiger partial charge in [-0.2, -0.15) is 5.10 Å². The number of amides is 2. The van der Waals surface area contributed by atoms with Crippen LogP contribution >= 0.6 is 11.6 Å². The minimum atomic E-state index is -0.377. The van der Waals surface area contributed by atoms with Gasteiger partial charge in [-0.05, 0) is 36.4 Å². The maximum Gasteiger partial charge on any atom is 0.276 e. The van der Waals surface area contributed by atoms with Gasteiger partial charge < -0.3 is 10.6 Å². The zero-order valence-corrected chi connectivity index (χ0v) is 14.1. The number of nitrogens with zero attached hydrogens (tertiary/aromatic N) is 2. The maximum atomic E-state index is 12.3. The molecule has 7 heteroatoms. The van der Waals surface area contributed by atoms with Crippen LogP contribution in [0.1, 0.15) is 20.8 Å². The van der Waals surface area contributed by atoms with Crippen molar-refractivity contribution in [3.05, 3.63) is 76.9 Å². The predicted molar refractivity (Wildman–Crippen MR) is 97.0 cm³/mol. The molecular formula is C18H15ClN4O2. The lowest BCUT2D eigenvalue weighted by atomic mass is 10.2. The highest BCUT2D eigenvalue weighted by molar-refractivity contribution is 6.30. The van der Waals surface area contributed by atoms with E-state index in [-0.39, 0.29) is 17.5 Å². The average molecular weight is 355 g/mol. The third kappa shape index (κ3) is 4.05. The summed E-state index contributed by atoms with van der Waals surface area (Å²) in [5.41, 5.74) is 1.33. The van der Waals surface area contributed by atoms with Crippen molar-refractivity contribution in [2.45, 2.75) is 0 Å². The summed E-state index contributed by atoms with van der Waals surface area (Å²) in [5.74, 6) is -0.221. The van der Waals surface area contributed by atoms with Crippen LogP contribution in [0, 0.1) is 0 Å². The second-order valence-electron chi connectivity index (χ2n) is 5.32. The van der Waals surface area contributed by atoms with Crippen molar-refractivity contribution in [1.29, 1.82) is 0 Å². The van der Waals surface area contributed by atoms with Crippen molar-refractivity contribution in [1.82, 2.24) is 9.78 Å². The molecule has 126 valence electrons. The summed E-state index contributed by atoms with van der Waals surface area (Å²) in [7, 11) is 1.65. The van der Waals surface area contributed by atoms with Crippen LogP contribution in [0.3, 0.4) is 0 Å². The standard InChI is InChI=1S/C18H15ClN4O2/c1-23-16(21-17(24)12-5-3-2-4-6-12)11-15(22-23)18(25)20-14-9-7-13(19)8-10-14/h2-11H,1H3,(H,20,25)(H,21,24). The van der Waals surface area contributed by atoms with Crippen molar-refractivity contribution in [2.24, 2.45) is 7.05 Å². The van der Waals surface area contributed by atoms with Crippen LogP contribution in [0.15, 0.2) is 60.7 Å². The summed E-state index contributed by atoms with van der Waals surface area (Å²) in [4.78, 5) is 24.5. The molecule has 0 aliphatic heterocycles. The quantitative estimate of drug-likeness (QED) is 0.751. The Hall–Kier alpha value is -3.12. The van der Waals surface area contributed by atoms with Crippen molar-refractivity contribution < 1.29 is 9.59 Å². The van der Waals surface area contributed by atoms with E-state index in [1.54, 1.807) is 55.6 Å². The molecule has 0 radical (unpaired) electrons. The van der Waals surface area contributed by atoms with E-state index in [1.165, 1.54) is 10.7 Å².